The minimum atomic E-state index is 0.914. The average Bonchev–Trinajstić information content (AvgIpc) is 2.58. The SMILES string of the molecule is c1cc(CCC2CCCCNC2)cs1. The van der Waals surface area contributed by atoms with Crippen LogP contribution in [0.15, 0.2) is 16.8 Å². The second kappa shape index (κ2) is 5.52. The van der Waals surface area contributed by atoms with Gasteiger partial charge >= 0.3 is 0 Å². The van der Waals surface area contributed by atoms with Crippen molar-refractivity contribution in [3.8, 4) is 0 Å². The van der Waals surface area contributed by atoms with Crippen LogP contribution < -0.4 is 5.32 Å². The zero-order valence-electron chi connectivity index (χ0n) is 8.67. The quantitative estimate of drug-likeness (QED) is 0.806. The van der Waals surface area contributed by atoms with Crippen LogP contribution in [0.2, 0.25) is 0 Å². The van der Waals surface area contributed by atoms with Gasteiger partial charge in [-0.1, -0.05) is 6.42 Å². The van der Waals surface area contributed by atoms with E-state index in [-0.39, 0.29) is 0 Å². The Morgan fingerprint density at radius 2 is 2.43 bits per heavy atom. The van der Waals surface area contributed by atoms with Crippen molar-refractivity contribution in [2.24, 2.45) is 5.92 Å². The van der Waals surface area contributed by atoms with E-state index in [9.17, 15) is 0 Å². The molecule has 1 aromatic heterocycles. The molecule has 0 aromatic carbocycles. The van der Waals surface area contributed by atoms with E-state index in [0.717, 1.165) is 5.92 Å². The molecule has 1 aromatic rings. The first-order valence-corrected chi connectivity index (χ1v) is 6.61. The molecule has 0 bridgehead atoms. The Morgan fingerprint density at radius 3 is 3.29 bits per heavy atom. The first kappa shape index (κ1) is 10.2. The maximum atomic E-state index is 3.53. The predicted molar refractivity (Wildman–Crippen MR) is 62.9 cm³/mol. The Kier molecular flexibility index (Phi) is 4.02. The summed E-state index contributed by atoms with van der Waals surface area (Å²) in [5.41, 5.74) is 1.53. The van der Waals surface area contributed by atoms with Gasteiger partial charge in [0.05, 0.1) is 0 Å². The lowest BCUT2D eigenvalue weighted by molar-refractivity contribution is 0.447. The lowest BCUT2D eigenvalue weighted by Crippen LogP contribution is -2.20. The molecule has 1 aliphatic rings. The molecule has 1 saturated heterocycles. The minimum absolute atomic E-state index is 0.914. The summed E-state index contributed by atoms with van der Waals surface area (Å²) < 4.78 is 0. The maximum Gasteiger partial charge on any atom is -0.00204 e. The van der Waals surface area contributed by atoms with Crippen LogP contribution >= 0.6 is 11.3 Å². The van der Waals surface area contributed by atoms with Gasteiger partial charge < -0.3 is 5.32 Å². The van der Waals surface area contributed by atoms with Gasteiger partial charge in [-0.2, -0.15) is 11.3 Å². The van der Waals surface area contributed by atoms with Gasteiger partial charge in [-0.25, -0.2) is 0 Å². The zero-order valence-corrected chi connectivity index (χ0v) is 9.48. The molecule has 2 heteroatoms. The van der Waals surface area contributed by atoms with Crippen LogP contribution in [0.3, 0.4) is 0 Å². The van der Waals surface area contributed by atoms with E-state index in [4.69, 9.17) is 0 Å². The van der Waals surface area contributed by atoms with Gasteiger partial charge in [-0.3, -0.25) is 0 Å². The Bertz CT molecular complexity index is 235. The topological polar surface area (TPSA) is 12.0 Å². The molecule has 1 fully saturated rings. The third-order valence-electron chi connectivity index (χ3n) is 3.07. The lowest BCUT2D eigenvalue weighted by atomic mass is 9.96. The van der Waals surface area contributed by atoms with E-state index in [1.165, 1.54) is 50.8 Å². The van der Waals surface area contributed by atoms with E-state index in [0.29, 0.717) is 0 Å². The van der Waals surface area contributed by atoms with Crippen LogP contribution in [0.5, 0.6) is 0 Å². The van der Waals surface area contributed by atoms with E-state index >= 15 is 0 Å². The van der Waals surface area contributed by atoms with Crippen LogP contribution in [0.1, 0.15) is 31.2 Å². The van der Waals surface area contributed by atoms with Gasteiger partial charge in [-0.15, -0.1) is 0 Å². The molecule has 1 aliphatic heterocycles. The molecule has 2 rings (SSSR count). The molecule has 1 unspecified atom stereocenters. The number of nitrogens with one attached hydrogen (secondary N) is 1. The fourth-order valence-corrected chi connectivity index (χ4v) is 2.85. The molecule has 1 N–H and O–H groups in total. The number of thiophene rings is 1. The third-order valence-corrected chi connectivity index (χ3v) is 3.80. The van der Waals surface area contributed by atoms with E-state index in [1.807, 2.05) is 11.3 Å². The summed E-state index contributed by atoms with van der Waals surface area (Å²) in [7, 11) is 0. The first-order chi connectivity index (χ1) is 6.95. The van der Waals surface area contributed by atoms with E-state index < -0.39 is 0 Å². The molecule has 0 aliphatic carbocycles. The van der Waals surface area contributed by atoms with Gasteiger partial charge in [0.15, 0.2) is 0 Å². The normalized spacial score (nSPS) is 23.3. The Balaban J connectivity index is 1.73. The molecule has 0 spiro atoms. The summed E-state index contributed by atoms with van der Waals surface area (Å²) in [6, 6.07) is 2.26. The monoisotopic (exact) mass is 209 g/mol. The van der Waals surface area contributed by atoms with Crippen molar-refractivity contribution in [3.63, 3.8) is 0 Å². The Morgan fingerprint density at radius 1 is 1.43 bits per heavy atom. The first-order valence-electron chi connectivity index (χ1n) is 5.67. The Labute approximate surface area is 90.5 Å². The molecule has 0 amide bonds. The number of rotatable bonds is 3. The van der Waals surface area contributed by atoms with Crippen LogP contribution in [0.25, 0.3) is 0 Å². The highest BCUT2D eigenvalue weighted by Gasteiger charge is 2.11. The number of hydrogen-bond acceptors (Lipinski definition) is 2. The molecule has 78 valence electrons. The average molecular weight is 209 g/mol. The molecule has 2 heterocycles. The number of aryl methyl sites for hydroxylation is 1. The van der Waals surface area contributed by atoms with E-state index in [1.54, 1.807) is 0 Å². The van der Waals surface area contributed by atoms with Crippen LogP contribution in [0.4, 0.5) is 0 Å². The van der Waals surface area contributed by atoms with Crippen molar-refractivity contribution in [2.45, 2.75) is 32.1 Å². The fourth-order valence-electron chi connectivity index (χ4n) is 2.14. The molecular formula is C12H19NS. The summed E-state index contributed by atoms with van der Waals surface area (Å²) in [5.74, 6) is 0.914. The molecule has 0 saturated carbocycles. The van der Waals surface area contributed by atoms with Gasteiger partial charge in [0, 0.05) is 0 Å². The number of hydrogen-bond donors (Lipinski definition) is 1. The van der Waals surface area contributed by atoms with Crippen LogP contribution in [-0.4, -0.2) is 13.1 Å². The second-order valence-corrected chi connectivity index (χ2v) is 5.02. The second-order valence-electron chi connectivity index (χ2n) is 4.24. The van der Waals surface area contributed by atoms with Crippen molar-refractivity contribution >= 4 is 11.3 Å². The van der Waals surface area contributed by atoms with Crippen LogP contribution in [-0.2, 0) is 6.42 Å². The molecular weight excluding hydrogens is 190 g/mol. The van der Waals surface area contributed by atoms with Crippen molar-refractivity contribution < 1.29 is 0 Å². The predicted octanol–water partition coefficient (Wildman–Crippen LogP) is 3.07. The third kappa shape index (κ3) is 3.10. The highest BCUT2D eigenvalue weighted by Crippen LogP contribution is 2.18. The van der Waals surface area contributed by atoms with Crippen molar-refractivity contribution in [2.75, 3.05) is 13.1 Å². The molecule has 1 atom stereocenters. The smallest absolute Gasteiger partial charge is 0.00204 e. The Hall–Kier alpha value is -0.340. The zero-order chi connectivity index (χ0) is 9.64. The molecule has 14 heavy (non-hydrogen) atoms. The lowest BCUT2D eigenvalue weighted by Gasteiger charge is -2.12. The van der Waals surface area contributed by atoms with Gasteiger partial charge in [0.25, 0.3) is 0 Å². The van der Waals surface area contributed by atoms with Gasteiger partial charge in [0.1, 0.15) is 0 Å². The molecule has 1 nitrogen and oxygen atoms in total. The summed E-state index contributed by atoms with van der Waals surface area (Å²) in [6.07, 6.45) is 6.85. The van der Waals surface area contributed by atoms with Gasteiger partial charge in [-0.05, 0) is 67.1 Å². The van der Waals surface area contributed by atoms with Crippen molar-refractivity contribution in [1.82, 2.24) is 5.32 Å². The highest BCUT2D eigenvalue weighted by molar-refractivity contribution is 7.07. The summed E-state index contributed by atoms with van der Waals surface area (Å²) >= 11 is 1.81. The minimum Gasteiger partial charge on any atom is -0.316 e. The van der Waals surface area contributed by atoms with Gasteiger partial charge in [0.2, 0.25) is 0 Å². The van der Waals surface area contributed by atoms with Crippen molar-refractivity contribution in [1.29, 1.82) is 0 Å². The van der Waals surface area contributed by atoms with E-state index in [2.05, 4.69) is 22.1 Å². The molecule has 0 radical (unpaired) electrons. The van der Waals surface area contributed by atoms with Crippen molar-refractivity contribution in [3.05, 3.63) is 22.4 Å². The standard InChI is InChI=1S/C12H19NS/c1-2-7-13-9-11(3-1)4-5-12-6-8-14-10-12/h6,8,10-11,13H,1-5,7,9H2. The van der Waals surface area contributed by atoms with Crippen LogP contribution in [0, 0.1) is 5.92 Å². The fraction of sp³-hybridized carbons (Fsp3) is 0.667. The summed E-state index contributed by atoms with van der Waals surface area (Å²) in [4.78, 5) is 0. The summed E-state index contributed by atoms with van der Waals surface area (Å²) in [6.45, 7) is 2.47. The maximum absolute atomic E-state index is 3.53. The summed E-state index contributed by atoms with van der Waals surface area (Å²) in [5, 5.41) is 7.99. The largest absolute Gasteiger partial charge is 0.316 e. The highest BCUT2D eigenvalue weighted by atomic mass is 32.1.